The molecule has 0 aliphatic heterocycles. The average Bonchev–Trinajstić information content (AvgIpc) is 2.29. The minimum absolute atomic E-state index is 0.651. The zero-order valence-electron chi connectivity index (χ0n) is 9.36. The van der Waals surface area contributed by atoms with Crippen molar-refractivity contribution in [1.82, 2.24) is 0 Å². The van der Waals surface area contributed by atoms with Crippen molar-refractivity contribution in [3.63, 3.8) is 0 Å². The van der Waals surface area contributed by atoms with E-state index in [2.05, 4.69) is 6.07 Å². The fraction of sp³-hybridized carbons (Fsp3) is 0.500. The van der Waals surface area contributed by atoms with E-state index in [9.17, 15) is 0 Å². The van der Waals surface area contributed by atoms with Crippen LogP contribution in [0.5, 0.6) is 5.75 Å². The van der Waals surface area contributed by atoms with Crippen LogP contribution in [0.4, 0.5) is 0 Å². The Morgan fingerprint density at radius 2 is 1.93 bits per heavy atom. The molecule has 1 rings (SSSR count). The molecule has 0 radical (unpaired) electrons. The summed E-state index contributed by atoms with van der Waals surface area (Å²) < 4.78 is 15.4. The van der Waals surface area contributed by atoms with E-state index in [4.69, 9.17) is 14.2 Å². The van der Waals surface area contributed by atoms with E-state index < -0.39 is 0 Å². The minimum atomic E-state index is 0.651. The molecule has 0 aliphatic carbocycles. The molecule has 0 saturated heterocycles. The average molecular weight is 210 g/mol. The summed E-state index contributed by atoms with van der Waals surface area (Å²) in [6.45, 7) is 2.02. The van der Waals surface area contributed by atoms with Gasteiger partial charge in [-0.15, -0.1) is 0 Å². The molecule has 0 spiro atoms. The zero-order valence-corrected chi connectivity index (χ0v) is 9.36. The second-order valence-corrected chi connectivity index (χ2v) is 3.21. The van der Waals surface area contributed by atoms with Crippen LogP contribution in [-0.2, 0) is 15.9 Å². The lowest BCUT2D eigenvalue weighted by atomic mass is 10.1. The Hall–Kier alpha value is -1.06. The predicted octanol–water partition coefficient (Wildman–Crippen LogP) is 1.90. The molecule has 1 aromatic rings. The standard InChI is InChI=1S/C12H18O3/c1-13-8-9-15-7-6-11-4-3-5-12(10-11)14-2/h3-5,10H,6-9H2,1-2H3. The van der Waals surface area contributed by atoms with Crippen molar-refractivity contribution in [2.75, 3.05) is 34.0 Å². The van der Waals surface area contributed by atoms with Gasteiger partial charge in [-0.3, -0.25) is 0 Å². The fourth-order valence-corrected chi connectivity index (χ4v) is 1.26. The van der Waals surface area contributed by atoms with E-state index in [-0.39, 0.29) is 0 Å². The van der Waals surface area contributed by atoms with E-state index in [1.165, 1.54) is 5.56 Å². The molecular weight excluding hydrogens is 192 g/mol. The number of hydrogen-bond acceptors (Lipinski definition) is 3. The van der Waals surface area contributed by atoms with Gasteiger partial charge in [-0.2, -0.15) is 0 Å². The van der Waals surface area contributed by atoms with Crippen molar-refractivity contribution >= 4 is 0 Å². The van der Waals surface area contributed by atoms with Gasteiger partial charge in [0.15, 0.2) is 0 Å². The summed E-state index contributed by atoms with van der Waals surface area (Å²) in [5, 5.41) is 0. The molecule has 0 aliphatic rings. The monoisotopic (exact) mass is 210 g/mol. The van der Waals surface area contributed by atoms with E-state index in [1.807, 2.05) is 18.2 Å². The van der Waals surface area contributed by atoms with E-state index >= 15 is 0 Å². The van der Waals surface area contributed by atoms with Crippen molar-refractivity contribution in [1.29, 1.82) is 0 Å². The van der Waals surface area contributed by atoms with Gasteiger partial charge in [0.25, 0.3) is 0 Å². The van der Waals surface area contributed by atoms with Crippen LogP contribution in [0, 0.1) is 0 Å². The third-order valence-corrected chi connectivity index (χ3v) is 2.10. The summed E-state index contributed by atoms with van der Waals surface area (Å²) in [4.78, 5) is 0. The fourth-order valence-electron chi connectivity index (χ4n) is 1.26. The van der Waals surface area contributed by atoms with Gasteiger partial charge >= 0.3 is 0 Å². The SMILES string of the molecule is COCCOCCc1cccc(OC)c1. The maximum atomic E-state index is 5.39. The van der Waals surface area contributed by atoms with Crippen molar-refractivity contribution in [2.45, 2.75) is 6.42 Å². The highest BCUT2D eigenvalue weighted by atomic mass is 16.5. The highest BCUT2D eigenvalue weighted by Gasteiger charge is 1.95. The molecular formula is C12H18O3. The lowest BCUT2D eigenvalue weighted by molar-refractivity contribution is 0.0722. The van der Waals surface area contributed by atoms with Gasteiger partial charge < -0.3 is 14.2 Å². The molecule has 84 valence electrons. The van der Waals surface area contributed by atoms with Crippen LogP contribution in [0.1, 0.15) is 5.56 Å². The maximum Gasteiger partial charge on any atom is 0.119 e. The predicted molar refractivity (Wildman–Crippen MR) is 59.4 cm³/mol. The lowest BCUT2D eigenvalue weighted by Gasteiger charge is -2.05. The number of ether oxygens (including phenoxy) is 3. The molecule has 1 aromatic carbocycles. The van der Waals surface area contributed by atoms with Gasteiger partial charge in [0.1, 0.15) is 5.75 Å². The Bertz CT molecular complexity index is 273. The van der Waals surface area contributed by atoms with Crippen molar-refractivity contribution in [2.24, 2.45) is 0 Å². The van der Waals surface area contributed by atoms with Crippen LogP contribution in [0.2, 0.25) is 0 Å². The van der Waals surface area contributed by atoms with Crippen molar-refractivity contribution in [3.05, 3.63) is 29.8 Å². The van der Waals surface area contributed by atoms with Crippen LogP contribution in [0.15, 0.2) is 24.3 Å². The van der Waals surface area contributed by atoms with Gasteiger partial charge in [-0.1, -0.05) is 12.1 Å². The van der Waals surface area contributed by atoms with Gasteiger partial charge in [0.05, 0.1) is 26.9 Å². The van der Waals surface area contributed by atoms with Gasteiger partial charge in [0, 0.05) is 7.11 Å². The van der Waals surface area contributed by atoms with Crippen LogP contribution in [-0.4, -0.2) is 34.0 Å². The second-order valence-electron chi connectivity index (χ2n) is 3.21. The highest BCUT2D eigenvalue weighted by Crippen LogP contribution is 2.12. The minimum Gasteiger partial charge on any atom is -0.497 e. The molecule has 0 saturated carbocycles. The van der Waals surface area contributed by atoms with E-state index in [1.54, 1.807) is 14.2 Å². The summed E-state index contributed by atoms with van der Waals surface area (Å²) in [6, 6.07) is 8.03. The summed E-state index contributed by atoms with van der Waals surface area (Å²) in [5.41, 5.74) is 1.23. The van der Waals surface area contributed by atoms with E-state index in [0.717, 1.165) is 18.8 Å². The van der Waals surface area contributed by atoms with Crippen LogP contribution in [0.25, 0.3) is 0 Å². The van der Waals surface area contributed by atoms with E-state index in [0.29, 0.717) is 13.2 Å². The molecule has 15 heavy (non-hydrogen) atoms. The summed E-state index contributed by atoms with van der Waals surface area (Å²) in [5.74, 6) is 0.893. The number of methoxy groups -OCH3 is 2. The molecule has 0 aromatic heterocycles. The number of rotatable bonds is 7. The molecule has 3 nitrogen and oxygen atoms in total. The molecule has 3 heteroatoms. The molecule has 0 heterocycles. The first-order chi connectivity index (χ1) is 7.36. The highest BCUT2D eigenvalue weighted by molar-refractivity contribution is 5.28. The largest absolute Gasteiger partial charge is 0.497 e. The smallest absolute Gasteiger partial charge is 0.119 e. The Morgan fingerprint density at radius 3 is 2.67 bits per heavy atom. The van der Waals surface area contributed by atoms with Crippen molar-refractivity contribution in [3.8, 4) is 5.75 Å². The van der Waals surface area contributed by atoms with Gasteiger partial charge in [-0.25, -0.2) is 0 Å². The Kier molecular flexibility index (Phi) is 5.81. The third kappa shape index (κ3) is 4.81. The second kappa shape index (κ2) is 7.26. The van der Waals surface area contributed by atoms with Crippen LogP contribution < -0.4 is 4.74 Å². The third-order valence-electron chi connectivity index (χ3n) is 2.10. The van der Waals surface area contributed by atoms with Gasteiger partial charge in [0.2, 0.25) is 0 Å². The maximum absolute atomic E-state index is 5.39. The Morgan fingerprint density at radius 1 is 1.07 bits per heavy atom. The van der Waals surface area contributed by atoms with Crippen molar-refractivity contribution < 1.29 is 14.2 Å². The zero-order chi connectivity index (χ0) is 10.9. The van der Waals surface area contributed by atoms with Crippen LogP contribution in [0.3, 0.4) is 0 Å². The summed E-state index contributed by atoms with van der Waals surface area (Å²) in [6.07, 6.45) is 0.904. The van der Waals surface area contributed by atoms with Crippen LogP contribution >= 0.6 is 0 Å². The molecule has 0 amide bonds. The first-order valence-corrected chi connectivity index (χ1v) is 5.06. The molecule has 0 fully saturated rings. The molecule has 0 unspecified atom stereocenters. The first kappa shape index (κ1) is 12.0. The molecule has 0 bridgehead atoms. The quantitative estimate of drug-likeness (QED) is 0.643. The first-order valence-electron chi connectivity index (χ1n) is 5.06. The Balaban J connectivity index is 2.24. The molecule has 0 N–H and O–H groups in total. The van der Waals surface area contributed by atoms with Gasteiger partial charge in [-0.05, 0) is 24.1 Å². The topological polar surface area (TPSA) is 27.7 Å². The molecule has 0 atom stereocenters. The number of benzene rings is 1. The Labute approximate surface area is 91.0 Å². The summed E-state index contributed by atoms with van der Waals surface area (Å²) >= 11 is 0. The number of hydrogen-bond donors (Lipinski definition) is 0. The summed E-state index contributed by atoms with van der Waals surface area (Å²) in [7, 11) is 3.35. The normalized spacial score (nSPS) is 10.3. The lowest BCUT2D eigenvalue weighted by Crippen LogP contribution is -2.04.